The van der Waals surface area contributed by atoms with Gasteiger partial charge in [0, 0.05) is 22.1 Å². The molecule has 0 spiro atoms. The van der Waals surface area contributed by atoms with Gasteiger partial charge in [0.2, 0.25) is 0 Å². The van der Waals surface area contributed by atoms with E-state index in [4.69, 9.17) is 11.6 Å². The maximum absolute atomic E-state index is 9.27. The average molecular weight is 275 g/mol. The van der Waals surface area contributed by atoms with Crippen LogP contribution < -0.4 is 0 Å². The van der Waals surface area contributed by atoms with Crippen LogP contribution in [-0.2, 0) is 6.42 Å². The van der Waals surface area contributed by atoms with E-state index in [0.29, 0.717) is 10.6 Å². The molecule has 0 aromatic carbocycles. The van der Waals surface area contributed by atoms with E-state index in [2.05, 4.69) is 18.0 Å². The molecule has 0 amide bonds. The molecule has 0 saturated heterocycles. The lowest BCUT2D eigenvalue weighted by Gasteiger charge is -2.01. The van der Waals surface area contributed by atoms with Crippen molar-refractivity contribution in [2.45, 2.75) is 13.3 Å². The van der Waals surface area contributed by atoms with Gasteiger partial charge in [0.05, 0.1) is 10.6 Å². The van der Waals surface area contributed by atoms with E-state index in [9.17, 15) is 5.26 Å². The van der Waals surface area contributed by atoms with Crippen LogP contribution in [0.15, 0.2) is 36.7 Å². The largest absolute Gasteiger partial charge is 0.265 e. The molecule has 90 valence electrons. The van der Waals surface area contributed by atoms with Crippen molar-refractivity contribution >= 4 is 33.5 Å². The van der Waals surface area contributed by atoms with Crippen LogP contribution in [0.1, 0.15) is 22.2 Å². The monoisotopic (exact) mass is 274 g/mol. The van der Waals surface area contributed by atoms with Crippen molar-refractivity contribution in [3.05, 3.63) is 52.0 Å². The maximum Gasteiger partial charge on any atom is 0.101 e. The number of hydrogen-bond donors (Lipinski definition) is 0. The number of pyridine rings is 1. The van der Waals surface area contributed by atoms with Crippen molar-refractivity contribution in [3.63, 3.8) is 0 Å². The van der Waals surface area contributed by atoms with Gasteiger partial charge in [-0.05, 0) is 36.2 Å². The summed E-state index contributed by atoms with van der Waals surface area (Å²) in [5, 5.41) is 9.77. The van der Waals surface area contributed by atoms with Crippen LogP contribution in [0, 0.1) is 11.3 Å². The normalized spacial score (nSPS) is 11.8. The molecule has 2 aromatic heterocycles. The van der Waals surface area contributed by atoms with Crippen molar-refractivity contribution in [2.75, 3.05) is 0 Å². The van der Waals surface area contributed by atoms with Crippen LogP contribution in [0.25, 0.3) is 10.6 Å². The van der Waals surface area contributed by atoms with Gasteiger partial charge in [-0.2, -0.15) is 5.26 Å². The summed E-state index contributed by atoms with van der Waals surface area (Å²) >= 11 is 7.95. The Balaban J connectivity index is 2.47. The topological polar surface area (TPSA) is 36.7 Å². The zero-order chi connectivity index (χ0) is 13.0. The molecule has 0 radical (unpaired) electrons. The Bertz CT molecular complexity index is 608. The molecular formula is C14H11ClN2S. The van der Waals surface area contributed by atoms with Crippen LogP contribution in [0.5, 0.6) is 0 Å². The second-order valence-electron chi connectivity index (χ2n) is 3.66. The first-order valence-electron chi connectivity index (χ1n) is 5.55. The van der Waals surface area contributed by atoms with Gasteiger partial charge in [-0.3, -0.25) is 4.98 Å². The van der Waals surface area contributed by atoms with Gasteiger partial charge in [-0.1, -0.05) is 18.5 Å². The second kappa shape index (κ2) is 5.81. The minimum atomic E-state index is 0.489. The van der Waals surface area contributed by atoms with E-state index in [1.807, 2.05) is 12.1 Å². The Morgan fingerprint density at radius 1 is 1.33 bits per heavy atom. The van der Waals surface area contributed by atoms with Gasteiger partial charge in [0.25, 0.3) is 0 Å². The number of halogens is 1. The fraction of sp³-hybridized carbons (Fsp3) is 0.143. The number of rotatable bonds is 3. The van der Waals surface area contributed by atoms with Gasteiger partial charge in [-0.25, -0.2) is 0 Å². The van der Waals surface area contributed by atoms with Gasteiger partial charge in [0.15, 0.2) is 0 Å². The Kier molecular flexibility index (Phi) is 4.14. The minimum Gasteiger partial charge on any atom is -0.265 e. The molecule has 4 heteroatoms. The summed E-state index contributed by atoms with van der Waals surface area (Å²) in [6.07, 6.45) is 4.29. The number of aryl methyl sites for hydroxylation is 1. The molecule has 0 bridgehead atoms. The molecule has 0 fully saturated rings. The van der Waals surface area contributed by atoms with Gasteiger partial charge >= 0.3 is 0 Å². The number of aromatic nitrogens is 1. The van der Waals surface area contributed by atoms with E-state index in [-0.39, 0.29) is 0 Å². The molecule has 0 N–H and O–H groups in total. The zero-order valence-corrected chi connectivity index (χ0v) is 11.4. The third-order valence-corrected chi connectivity index (χ3v) is 4.28. The van der Waals surface area contributed by atoms with Gasteiger partial charge < -0.3 is 0 Å². The van der Waals surface area contributed by atoms with Crippen LogP contribution in [0.2, 0.25) is 0 Å². The predicted molar refractivity (Wildman–Crippen MR) is 76.2 cm³/mol. The molecule has 2 rings (SSSR count). The Morgan fingerprint density at radius 3 is 2.61 bits per heavy atom. The summed E-state index contributed by atoms with van der Waals surface area (Å²) in [5.41, 5.74) is 1.28. The number of hydrogen-bond acceptors (Lipinski definition) is 3. The minimum absolute atomic E-state index is 0.489. The lowest BCUT2D eigenvalue weighted by molar-refractivity contribution is 1.19. The predicted octanol–water partition coefficient (Wildman–Crippen LogP) is 4.34. The van der Waals surface area contributed by atoms with Crippen molar-refractivity contribution < 1.29 is 0 Å². The molecular weight excluding hydrogens is 264 g/mol. The van der Waals surface area contributed by atoms with E-state index in [1.54, 1.807) is 35.9 Å². The van der Waals surface area contributed by atoms with Gasteiger partial charge in [0.1, 0.15) is 6.07 Å². The second-order valence-corrected chi connectivity index (χ2v) is 5.20. The fourth-order valence-corrected chi connectivity index (χ4v) is 2.79. The van der Waals surface area contributed by atoms with Crippen molar-refractivity contribution in [3.8, 4) is 6.07 Å². The highest BCUT2D eigenvalue weighted by Gasteiger charge is 2.11. The Hall–Kier alpha value is -1.63. The van der Waals surface area contributed by atoms with E-state index in [1.165, 1.54) is 4.88 Å². The molecule has 2 nitrogen and oxygen atoms in total. The SMILES string of the molecule is CCc1ccc(/C(Cl)=C(/C#N)c2ccncc2)s1. The molecule has 0 aliphatic heterocycles. The molecule has 0 atom stereocenters. The molecule has 2 aromatic rings. The molecule has 2 heterocycles. The highest BCUT2D eigenvalue weighted by molar-refractivity contribution is 7.14. The van der Waals surface area contributed by atoms with Crippen molar-refractivity contribution in [1.29, 1.82) is 5.26 Å². The van der Waals surface area contributed by atoms with Crippen LogP contribution in [0.3, 0.4) is 0 Å². The van der Waals surface area contributed by atoms with E-state index < -0.39 is 0 Å². The van der Waals surface area contributed by atoms with Crippen LogP contribution >= 0.6 is 22.9 Å². The molecule has 0 aliphatic rings. The summed E-state index contributed by atoms with van der Waals surface area (Å²) in [7, 11) is 0. The number of allylic oxidation sites excluding steroid dienone is 1. The number of thiophene rings is 1. The molecule has 0 saturated carbocycles. The number of nitrogens with zero attached hydrogens (tertiary/aromatic N) is 2. The zero-order valence-electron chi connectivity index (χ0n) is 9.85. The quantitative estimate of drug-likeness (QED) is 0.781. The summed E-state index contributed by atoms with van der Waals surface area (Å²) in [6.45, 7) is 2.10. The first-order valence-corrected chi connectivity index (χ1v) is 6.75. The lowest BCUT2D eigenvalue weighted by atomic mass is 10.1. The molecule has 18 heavy (non-hydrogen) atoms. The smallest absolute Gasteiger partial charge is 0.101 e. The molecule has 0 unspecified atom stereocenters. The third-order valence-electron chi connectivity index (χ3n) is 2.53. The first kappa shape index (κ1) is 12.8. The average Bonchev–Trinajstić information content (AvgIpc) is 2.89. The maximum atomic E-state index is 9.27. The first-order chi connectivity index (χ1) is 8.76. The lowest BCUT2D eigenvalue weighted by Crippen LogP contribution is -1.84. The summed E-state index contributed by atoms with van der Waals surface area (Å²) in [4.78, 5) is 6.13. The van der Waals surface area contributed by atoms with Gasteiger partial charge in [-0.15, -0.1) is 11.3 Å². The van der Waals surface area contributed by atoms with E-state index in [0.717, 1.165) is 16.9 Å². The van der Waals surface area contributed by atoms with Crippen molar-refractivity contribution in [1.82, 2.24) is 4.98 Å². The summed E-state index contributed by atoms with van der Waals surface area (Å²) < 4.78 is 0. The van der Waals surface area contributed by atoms with E-state index >= 15 is 0 Å². The Morgan fingerprint density at radius 2 is 2.06 bits per heavy atom. The number of nitriles is 1. The third kappa shape index (κ3) is 2.61. The van der Waals surface area contributed by atoms with Crippen molar-refractivity contribution in [2.24, 2.45) is 0 Å². The Labute approximate surface area is 115 Å². The fourth-order valence-electron chi connectivity index (χ4n) is 1.57. The van der Waals surface area contributed by atoms with Crippen LogP contribution in [-0.4, -0.2) is 4.98 Å². The highest BCUT2D eigenvalue weighted by Crippen LogP contribution is 2.33. The molecule has 0 aliphatic carbocycles. The highest BCUT2D eigenvalue weighted by atomic mass is 35.5. The summed E-state index contributed by atoms with van der Waals surface area (Å²) in [5.74, 6) is 0. The van der Waals surface area contributed by atoms with Crippen LogP contribution in [0.4, 0.5) is 0 Å². The summed E-state index contributed by atoms with van der Waals surface area (Å²) in [6, 6.07) is 9.75. The standard InChI is InChI=1S/C14H11ClN2S/c1-2-11-3-4-13(18-11)14(15)12(9-16)10-5-7-17-8-6-10/h3-8H,2H2,1H3/b14-12+.